The zero-order valence-electron chi connectivity index (χ0n) is 13.4. The Hall–Kier alpha value is -0.860. The molecule has 0 spiro atoms. The zero-order valence-corrected chi connectivity index (χ0v) is 13.4. The molecule has 2 nitrogen and oxygen atoms in total. The van der Waals surface area contributed by atoms with Gasteiger partial charge in [-0.05, 0) is 56.3 Å². The Bertz CT molecular complexity index is 400. The van der Waals surface area contributed by atoms with Crippen LogP contribution in [0.15, 0.2) is 24.3 Å². The van der Waals surface area contributed by atoms with Crippen LogP contribution in [0.5, 0.6) is 0 Å². The summed E-state index contributed by atoms with van der Waals surface area (Å²) >= 11 is 0. The lowest BCUT2D eigenvalue weighted by atomic mass is 9.98. The molecule has 0 fully saturated rings. The molecule has 1 aliphatic rings. The average Bonchev–Trinajstić information content (AvgIpc) is 2.46. The largest absolute Gasteiger partial charge is 0.316 e. The van der Waals surface area contributed by atoms with E-state index in [0.29, 0.717) is 6.04 Å². The molecule has 0 aliphatic carbocycles. The number of nitrogens with zero attached hydrogens (tertiary/aromatic N) is 1. The van der Waals surface area contributed by atoms with E-state index in [0.717, 1.165) is 25.6 Å². The van der Waals surface area contributed by atoms with Gasteiger partial charge < -0.3 is 5.32 Å². The summed E-state index contributed by atoms with van der Waals surface area (Å²) in [6, 6.07) is 9.61. The van der Waals surface area contributed by atoms with Gasteiger partial charge >= 0.3 is 0 Å². The fourth-order valence-electron chi connectivity index (χ4n) is 2.99. The first kappa shape index (κ1) is 15.5. The first-order valence-electron chi connectivity index (χ1n) is 8.18. The van der Waals surface area contributed by atoms with E-state index >= 15 is 0 Å². The van der Waals surface area contributed by atoms with Gasteiger partial charge in [0, 0.05) is 19.1 Å². The lowest BCUT2D eigenvalue weighted by Gasteiger charge is -2.33. The van der Waals surface area contributed by atoms with Gasteiger partial charge in [0.25, 0.3) is 0 Å². The van der Waals surface area contributed by atoms with Gasteiger partial charge in [-0.3, -0.25) is 4.90 Å². The van der Waals surface area contributed by atoms with Crippen molar-refractivity contribution in [3.8, 4) is 0 Å². The van der Waals surface area contributed by atoms with Crippen molar-refractivity contribution in [3.05, 3.63) is 35.4 Å². The maximum absolute atomic E-state index is 3.54. The topological polar surface area (TPSA) is 15.3 Å². The molecule has 0 bridgehead atoms. The van der Waals surface area contributed by atoms with Crippen molar-refractivity contribution in [2.75, 3.05) is 19.6 Å². The van der Waals surface area contributed by atoms with Crippen LogP contribution in [0.25, 0.3) is 0 Å². The molecule has 1 unspecified atom stereocenters. The molecule has 2 heteroatoms. The molecule has 0 radical (unpaired) electrons. The fraction of sp³-hybridized carbons (Fsp3) is 0.667. The fourth-order valence-corrected chi connectivity index (χ4v) is 2.99. The quantitative estimate of drug-likeness (QED) is 0.766. The predicted octanol–water partition coefficient (Wildman–Crippen LogP) is 3.46. The number of nitrogens with one attached hydrogen (secondary N) is 1. The Kier molecular flexibility index (Phi) is 6.06. The second kappa shape index (κ2) is 7.80. The zero-order chi connectivity index (χ0) is 14.4. The number of rotatable bonds is 7. The van der Waals surface area contributed by atoms with Crippen LogP contribution in [0.1, 0.15) is 44.7 Å². The molecular weight excluding hydrogens is 244 g/mol. The molecule has 2 rings (SSSR count). The molecule has 0 aromatic heterocycles. The van der Waals surface area contributed by atoms with Crippen molar-refractivity contribution in [2.24, 2.45) is 5.92 Å². The van der Waals surface area contributed by atoms with Crippen LogP contribution < -0.4 is 5.32 Å². The summed E-state index contributed by atoms with van der Waals surface area (Å²) in [5.74, 6) is 0.756. The van der Waals surface area contributed by atoms with E-state index in [1.165, 1.54) is 31.4 Å². The maximum Gasteiger partial charge on any atom is 0.0239 e. The molecule has 1 heterocycles. The molecule has 112 valence electrons. The maximum atomic E-state index is 3.54. The molecule has 0 saturated carbocycles. The lowest BCUT2D eigenvalue weighted by molar-refractivity contribution is 0.180. The minimum absolute atomic E-state index is 0.698. The Balaban J connectivity index is 1.70. The van der Waals surface area contributed by atoms with Gasteiger partial charge in [0.2, 0.25) is 0 Å². The molecule has 0 amide bonds. The molecule has 1 aromatic carbocycles. The van der Waals surface area contributed by atoms with Crippen LogP contribution in [0.3, 0.4) is 0 Å². The Morgan fingerprint density at radius 3 is 2.65 bits per heavy atom. The molecule has 1 aliphatic heterocycles. The molecule has 1 aromatic rings. The smallest absolute Gasteiger partial charge is 0.0239 e. The highest BCUT2D eigenvalue weighted by Gasteiger charge is 2.19. The minimum atomic E-state index is 0.698. The highest BCUT2D eigenvalue weighted by atomic mass is 15.2. The first-order valence-corrected chi connectivity index (χ1v) is 8.18. The number of hydrogen-bond acceptors (Lipinski definition) is 2. The van der Waals surface area contributed by atoms with Crippen molar-refractivity contribution in [1.82, 2.24) is 10.2 Å². The van der Waals surface area contributed by atoms with Gasteiger partial charge in [-0.2, -0.15) is 0 Å². The van der Waals surface area contributed by atoms with Crippen molar-refractivity contribution >= 4 is 0 Å². The Labute approximate surface area is 124 Å². The summed E-state index contributed by atoms with van der Waals surface area (Å²) in [5, 5.41) is 3.54. The summed E-state index contributed by atoms with van der Waals surface area (Å²) in [6.07, 6.45) is 3.80. The van der Waals surface area contributed by atoms with Crippen molar-refractivity contribution < 1.29 is 0 Å². The van der Waals surface area contributed by atoms with Crippen molar-refractivity contribution in [2.45, 2.75) is 52.6 Å². The SMILES string of the molecule is CC(C)CNCCCC(C)N1CCc2ccccc2C1. The molecule has 1 N–H and O–H groups in total. The Morgan fingerprint density at radius 2 is 1.90 bits per heavy atom. The van der Waals surface area contributed by atoms with Gasteiger partial charge in [-0.15, -0.1) is 0 Å². The first-order chi connectivity index (χ1) is 9.66. The third kappa shape index (κ3) is 4.60. The van der Waals surface area contributed by atoms with Gasteiger partial charge in [-0.1, -0.05) is 38.1 Å². The molecular formula is C18H30N2. The molecule has 1 atom stereocenters. The minimum Gasteiger partial charge on any atom is -0.316 e. The van der Waals surface area contributed by atoms with Crippen LogP contribution in [0.4, 0.5) is 0 Å². The van der Waals surface area contributed by atoms with Crippen LogP contribution >= 0.6 is 0 Å². The van der Waals surface area contributed by atoms with E-state index in [-0.39, 0.29) is 0 Å². The highest BCUT2D eigenvalue weighted by molar-refractivity contribution is 5.29. The van der Waals surface area contributed by atoms with Crippen molar-refractivity contribution in [1.29, 1.82) is 0 Å². The second-order valence-corrected chi connectivity index (χ2v) is 6.58. The number of benzene rings is 1. The van der Waals surface area contributed by atoms with E-state index < -0.39 is 0 Å². The van der Waals surface area contributed by atoms with E-state index in [1.54, 1.807) is 5.56 Å². The predicted molar refractivity (Wildman–Crippen MR) is 87.0 cm³/mol. The third-order valence-corrected chi connectivity index (χ3v) is 4.31. The van der Waals surface area contributed by atoms with Crippen LogP contribution in [0.2, 0.25) is 0 Å². The van der Waals surface area contributed by atoms with E-state index in [2.05, 4.69) is 55.3 Å². The lowest BCUT2D eigenvalue weighted by Crippen LogP contribution is -2.38. The summed E-state index contributed by atoms with van der Waals surface area (Å²) in [4.78, 5) is 2.64. The van der Waals surface area contributed by atoms with E-state index in [1.807, 2.05) is 0 Å². The van der Waals surface area contributed by atoms with Gasteiger partial charge in [0.15, 0.2) is 0 Å². The molecule has 0 saturated heterocycles. The average molecular weight is 274 g/mol. The monoisotopic (exact) mass is 274 g/mol. The number of hydrogen-bond donors (Lipinski definition) is 1. The third-order valence-electron chi connectivity index (χ3n) is 4.31. The summed E-state index contributed by atoms with van der Waals surface area (Å²) in [6.45, 7) is 11.6. The van der Waals surface area contributed by atoms with Crippen molar-refractivity contribution in [3.63, 3.8) is 0 Å². The van der Waals surface area contributed by atoms with E-state index in [4.69, 9.17) is 0 Å². The number of fused-ring (bicyclic) bond motifs is 1. The van der Waals surface area contributed by atoms with E-state index in [9.17, 15) is 0 Å². The Morgan fingerprint density at radius 1 is 1.15 bits per heavy atom. The summed E-state index contributed by atoms with van der Waals surface area (Å²) < 4.78 is 0. The molecule has 20 heavy (non-hydrogen) atoms. The summed E-state index contributed by atoms with van der Waals surface area (Å²) in [5.41, 5.74) is 3.08. The normalized spacial score (nSPS) is 17.2. The van der Waals surface area contributed by atoms with Crippen LogP contribution in [-0.4, -0.2) is 30.6 Å². The van der Waals surface area contributed by atoms with Gasteiger partial charge in [0.05, 0.1) is 0 Å². The van der Waals surface area contributed by atoms with Gasteiger partial charge in [0.1, 0.15) is 0 Å². The summed E-state index contributed by atoms with van der Waals surface area (Å²) in [7, 11) is 0. The van der Waals surface area contributed by atoms with Crippen LogP contribution in [0, 0.1) is 5.92 Å². The second-order valence-electron chi connectivity index (χ2n) is 6.58. The standard InChI is InChI=1S/C18H30N2/c1-15(2)13-19-11-6-7-16(3)20-12-10-17-8-4-5-9-18(17)14-20/h4-5,8-9,15-16,19H,6-7,10-14H2,1-3H3. The highest BCUT2D eigenvalue weighted by Crippen LogP contribution is 2.21. The van der Waals surface area contributed by atoms with Gasteiger partial charge in [-0.25, -0.2) is 0 Å². The van der Waals surface area contributed by atoms with Crippen LogP contribution in [-0.2, 0) is 13.0 Å².